The summed E-state index contributed by atoms with van der Waals surface area (Å²) in [5.41, 5.74) is 11.3. The smallest absolute Gasteiger partial charge is 0.136 e. The van der Waals surface area contributed by atoms with Crippen LogP contribution in [0.2, 0.25) is 0 Å². The van der Waals surface area contributed by atoms with E-state index in [1.165, 1.54) is 54.7 Å². The quantitative estimate of drug-likeness (QED) is 0.206. The molecule has 0 saturated heterocycles. The number of hydrogen-bond donors (Lipinski definition) is 0. The summed E-state index contributed by atoms with van der Waals surface area (Å²) in [5, 5.41) is 7.24. The molecule has 10 rings (SSSR count). The third-order valence-corrected chi connectivity index (χ3v) is 9.31. The first-order valence-corrected chi connectivity index (χ1v) is 15.4. The van der Waals surface area contributed by atoms with Crippen molar-refractivity contribution in [1.29, 1.82) is 0 Å². The second kappa shape index (κ2) is 9.22. The van der Waals surface area contributed by atoms with E-state index in [0.717, 1.165) is 33.3 Å². The van der Waals surface area contributed by atoms with Crippen LogP contribution in [0.1, 0.15) is 0 Å². The van der Waals surface area contributed by atoms with Gasteiger partial charge in [0.1, 0.15) is 11.2 Å². The maximum atomic E-state index is 6.27. The highest BCUT2D eigenvalue weighted by atomic mass is 16.3. The highest BCUT2D eigenvalue weighted by molar-refractivity contribution is 6.17. The van der Waals surface area contributed by atoms with E-state index in [1.54, 1.807) is 0 Å². The zero-order valence-electron chi connectivity index (χ0n) is 24.3. The van der Waals surface area contributed by atoms with Gasteiger partial charge in [0.25, 0.3) is 0 Å². The van der Waals surface area contributed by atoms with Gasteiger partial charge in [0.05, 0.1) is 22.1 Å². The summed E-state index contributed by atoms with van der Waals surface area (Å²) in [6, 6.07) is 56.6. The fourth-order valence-electron chi connectivity index (χ4n) is 7.29. The van der Waals surface area contributed by atoms with E-state index < -0.39 is 0 Å². The molecule has 0 N–H and O–H groups in total. The van der Waals surface area contributed by atoms with E-state index in [-0.39, 0.29) is 0 Å². The highest BCUT2D eigenvalue weighted by Crippen LogP contribution is 2.39. The lowest BCUT2D eigenvalue weighted by atomic mass is 10.0. The van der Waals surface area contributed by atoms with E-state index in [1.807, 2.05) is 12.1 Å². The van der Waals surface area contributed by atoms with E-state index in [0.29, 0.717) is 0 Å². The third kappa shape index (κ3) is 3.52. The van der Waals surface area contributed by atoms with Gasteiger partial charge in [0, 0.05) is 43.7 Å². The average Bonchev–Trinajstić information content (AvgIpc) is 3.75. The van der Waals surface area contributed by atoms with Crippen molar-refractivity contribution in [3.05, 3.63) is 158 Å². The summed E-state index contributed by atoms with van der Waals surface area (Å²) in [7, 11) is 0. The van der Waals surface area contributed by atoms with E-state index in [2.05, 4.69) is 155 Å². The maximum Gasteiger partial charge on any atom is 0.136 e. The third-order valence-electron chi connectivity index (χ3n) is 9.31. The van der Waals surface area contributed by atoms with Gasteiger partial charge in [-0.1, -0.05) is 97.1 Å². The van der Waals surface area contributed by atoms with Crippen LogP contribution in [0, 0.1) is 0 Å². The Labute approximate surface area is 258 Å². The van der Waals surface area contributed by atoms with Crippen LogP contribution in [0.5, 0.6) is 0 Å². The van der Waals surface area contributed by atoms with Gasteiger partial charge < -0.3 is 13.6 Å². The Bertz CT molecular complexity index is 2700. The largest absolute Gasteiger partial charge is 0.456 e. The molecule has 0 aliphatic rings. The molecule has 0 fully saturated rings. The van der Waals surface area contributed by atoms with Crippen molar-refractivity contribution in [3.63, 3.8) is 0 Å². The number of aromatic nitrogens is 2. The van der Waals surface area contributed by atoms with Crippen LogP contribution in [-0.2, 0) is 0 Å². The van der Waals surface area contributed by atoms with Crippen molar-refractivity contribution in [3.8, 4) is 22.5 Å². The van der Waals surface area contributed by atoms with Crippen LogP contribution in [-0.4, -0.2) is 9.13 Å². The Morgan fingerprint density at radius 2 is 0.889 bits per heavy atom. The van der Waals surface area contributed by atoms with Gasteiger partial charge in [-0.15, -0.1) is 0 Å². The number of nitrogens with zero attached hydrogens (tertiary/aromatic N) is 2. The fourth-order valence-corrected chi connectivity index (χ4v) is 7.29. The lowest BCUT2D eigenvalue weighted by Gasteiger charge is -2.12. The summed E-state index contributed by atoms with van der Waals surface area (Å²) in [6.45, 7) is 0. The molecule has 0 unspecified atom stereocenters. The van der Waals surface area contributed by atoms with Crippen LogP contribution in [0.3, 0.4) is 0 Å². The van der Waals surface area contributed by atoms with Gasteiger partial charge in [-0.2, -0.15) is 0 Å². The fraction of sp³-hybridized carbons (Fsp3) is 0. The van der Waals surface area contributed by atoms with Crippen LogP contribution >= 0.6 is 0 Å². The first kappa shape index (κ1) is 24.4. The molecular weight excluding hydrogens is 548 g/mol. The van der Waals surface area contributed by atoms with Crippen molar-refractivity contribution in [2.45, 2.75) is 0 Å². The number of furan rings is 1. The minimum atomic E-state index is 0.919. The first-order valence-electron chi connectivity index (χ1n) is 15.4. The summed E-state index contributed by atoms with van der Waals surface area (Å²) in [6.07, 6.45) is 0. The number of hydrogen-bond acceptors (Lipinski definition) is 1. The van der Waals surface area contributed by atoms with Gasteiger partial charge in [-0.3, -0.25) is 0 Å². The first-order chi connectivity index (χ1) is 22.3. The molecule has 0 aliphatic heterocycles. The van der Waals surface area contributed by atoms with E-state index in [9.17, 15) is 0 Å². The van der Waals surface area contributed by atoms with Crippen LogP contribution in [0.15, 0.2) is 162 Å². The minimum absolute atomic E-state index is 0.919. The van der Waals surface area contributed by atoms with Crippen LogP contribution in [0.4, 0.5) is 0 Å². The van der Waals surface area contributed by atoms with Gasteiger partial charge in [-0.25, -0.2) is 0 Å². The SMILES string of the molecule is c1cc(-c2ccc(-n3c4ccccc4c4ccccc43)cc2)cc(-n2c3ccccc3c3cc4oc5ccccc5c4cc32)c1. The molecule has 210 valence electrons. The molecule has 0 saturated carbocycles. The number of para-hydroxylation sites is 4. The Kier molecular flexibility index (Phi) is 5.00. The standard InChI is InChI=1S/C42H26N2O/c1-5-16-37-31(12-1)32-13-2-6-17-38(32)43(37)29-22-20-27(21-23-29)28-10-9-11-30(24-28)44-39-18-7-3-14-33(39)35-26-42-36(25-40(35)44)34-15-4-8-19-41(34)45-42/h1-26H. The van der Waals surface area contributed by atoms with Crippen molar-refractivity contribution in [2.75, 3.05) is 0 Å². The second-order valence-electron chi connectivity index (χ2n) is 11.8. The maximum absolute atomic E-state index is 6.27. The lowest BCUT2D eigenvalue weighted by molar-refractivity contribution is 0.669. The summed E-state index contributed by atoms with van der Waals surface area (Å²) < 4.78 is 11.0. The zero-order chi connectivity index (χ0) is 29.5. The Hall–Kier alpha value is -6.06. The van der Waals surface area contributed by atoms with E-state index in [4.69, 9.17) is 4.42 Å². The molecule has 3 heteroatoms. The Balaban J connectivity index is 1.13. The molecule has 0 bridgehead atoms. The monoisotopic (exact) mass is 574 g/mol. The predicted octanol–water partition coefficient (Wildman–Crippen LogP) is 11.4. The topological polar surface area (TPSA) is 23.0 Å². The summed E-state index contributed by atoms with van der Waals surface area (Å²) in [5.74, 6) is 0. The molecule has 3 aromatic heterocycles. The number of rotatable bonds is 3. The second-order valence-corrected chi connectivity index (χ2v) is 11.8. The number of fused-ring (bicyclic) bond motifs is 9. The lowest BCUT2D eigenvalue weighted by Crippen LogP contribution is -1.95. The highest BCUT2D eigenvalue weighted by Gasteiger charge is 2.17. The molecule has 10 aromatic rings. The molecule has 3 nitrogen and oxygen atoms in total. The predicted molar refractivity (Wildman–Crippen MR) is 188 cm³/mol. The van der Waals surface area contributed by atoms with E-state index >= 15 is 0 Å². The summed E-state index contributed by atoms with van der Waals surface area (Å²) >= 11 is 0. The Morgan fingerprint density at radius 3 is 1.58 bits per heavy atom. The molecule has 0 radical (unpaired) electrons. The molecule has 3 heterocycles. The Morgan fingerprint density at radius 1 is 0.311 bits per heavy atom. The molecule has 0 atom stereocenters. The van der Waals surface area contributed by atoms with Crippen molar-refractivity contribution >= 4 is 65.6 Å². The van der Waals surface area contributed by atoms with Gasteiger partial charge in [0.15, 0.2) is 0 Å². The minimum Gasteiger partial charge on any atom is -0.456 e. The summed E-state index contributed by atoms with van der Waals surface area (Å²) in [4.78, 5) is 0. The van der Waals surface area contributed by atoms with Crippen molar-refractivity contribution in [1.82, 2.24) is 9.13 Å². The van der Waals surface area contributed by atoms with Crippen molar-refractivity contribution in [2.24, 2.45) is 0 Å². The molecule has 7 aromatic carbocycles. The molecule has 0 aliphatic carbocycles. The molecular formula is C42H26N2O. The van der Waals surface area contributed by atoms with Gasteiger partial charge >= 0.3 is 0 Å². The number of benzene rings is 7. The van der Waals surface area contributed by atoms with Gasteiger partial charge in [0.2, 0.25) is 0 Å². The van der Waals surface area contributed by atoms with Crippen molar-refractivity contribution < 1.29 is 4.42 Å². The molecule has 0 spiro atoms. The van der Waals surface area contributed by atoms with Crippen LogP contribution < -0.4 is 0 Å². The van der Waals surface area contributed by atoms with Gasteiger partial charge in [-0.05, 0) is 71.8 Å². The average molecular weight is 575 g/mol. The zero-order valence-corrected chi connectivity index (χ0v) is 24.3. The molecule has 45 heavy (non-hydrogen) atoms. The van der Waals surface area contributed by atoms with Crippen LogP contribution in [0.25, 0.3) is 88.1 Å². The molecule has 0 amide bonds. The normalized spacial score (nSPS) is 12.0.